The predicted octanol–water partition coefficient (Wildman–Crippen LogP) is 4.25. The van der Waals surface area contributed by atoms with Crippen LogP contribution in [0.5, 0.6) is 0 Å². The lowest BCUT2D eigenvalue weighted by atomic mass is 9.75. The van der Waals surface area contributed by atoms with E-state index in [1.54, 1.807) is 0 Å². The zero-order chi connectivity index (χ0) is 12.1. The lowest BCUT2D eigenvalue weighted by molar-refractivity contribution is 0.289. The standard InChI is InChI=1S/C13H25NO/c1-10(2)8-7-9-12(14-15)13(5,6)11(3)4/h8,11,15H,7,9H2,1-6H3. The number of hydrogen-bond donors (Lipinski definition) is 1. The van der Waals surface area contributed by atoms with Crippen molar-refractivity contribution in [2.45, 2.75) is 54.4 Å². The van der Waals surface area contributed by atoms with Gasteiger partial charge in [0.1, 0.15) is 0 Å². The monoisotopic (exact) mass is 211 g/mol. The molecule has 88 valence electrons. The summed E-state index contributed by atoms with van der Waals surface area (Å²) >= 11 is 0. The van der Waals surface area contributed by atoms with E-state index >= 15 is 0 Å². The highest BCUT2D eigenvalue weighted by molar-refractivity contribution is 5.89. The number of rotatable bonds is 5. The van der Waals surface area contributed by atoms with E-state index in [4.69, 9.17) is 5.21 Å². The van der Waals surface area contributed by atoms with Crippen molar-refractivity contribution in [3.63, 3.8) is 0 Å². The summed E-state index contributed by atoms with van der Waals surface area (Å²) in [6, 6.07) is 0. The Morgan fingerprint density at radius 3 is 2.20 bits per heavy atom. The summed E-state index contributed by atoms with van der Waals surface area (Å²) in [6.45, 7) is 12.8. The summed E-state index contributed by atoms with van der Waals surface area (Å²) in [5.41, 5.74) is 2.19. The summed E-state index contributed by atoms with van der Waals surface area (Å²) in [5.74, 6) is 0.482. The van der Waals surface area contributed by atoms with Crippen molar-refractivity contribution in [1.82, 2.24) is 0 Å². The molecule has 0 atom stereocenters. The van der Waals surface area contributed by atoms with Gasteiger partial charge in [0.15, 0.2) is 0 Å². The first-order valence-corrected chi connectivity index (χ1v) is 5.67. The molecule has 2 heteroatoms. The molecule has 0 amide bonds. The van der Waals surface area contributed by atoms with Gasteiger partial charge in [-0.1, -0.05) is 44.5 Å². The second-order valence-electron chi connectivity index (χ2n) is 5.24. The van der Waals surface area contributed by atoms with Crippen molar-refractivity contribution >= 4 is 5.71 Å². The molecule has 0 aromatic rings. The van der Waals surface area contributed by atoms with Crippen LogP contribution in [0.2, 0.25) is 0 Å². The van der Waals surface area contributed by atoms with Crippen molar-refractivity contribution < 1.29 is 5.21 Å². The average molecular weight is 211 g/mol. The van der Waals surface area contributed by atoms with Gasteiger partial charge in [-0.3, -0.25) is 0 Å². The summed E-state index contributed by atoms with van der Waals surface area (Å²) in [4.78, 5) is 0. The molecule has 0 heterocycles. The van der Waals surface area contributed by atoms with Gasteiger partial charge in [0.25, 0.3) is 0 Å². The molecule has 0 aromatic heterocycles. The fourth-order valence-corrected chi connectivity index (χ4v) is 1.33. The van der Waals surface area contributed by atoms with Gasteiger partial charge in [-0.2, -0.15) is 0 Å². The first kappa shape index (κ1) is 14.2. The highest BCUT2D eigenvalue weighted by Gasteiger charge is 2.28. The lowest BCUT2D eigenvalue weighted by Gasteiger charge is -2.29. The molecule has 0 saturated heterocycles. The van der Waals surface area contributed by atoms with Gasteiger partial charge in [0, 0.05) is 5.41 Å². The Morgan fingerprint density at radius 2 is 1.87 bits per heavy atom. The van der Waals surface area contributed by atoms with Crippen molar-refractivity contribution in [3.05, 3.63) is 11.6 Å². The van der Waals surface area contributed by atoms with Gasteiger partial charge in [0.05, 0.1) is 5.71 Å². The minimum absolute atomic E-state index is 0.0236. The second-order valence-corrected chi connectivity index (χ2v) is 5.24. The first-order valence-electron chi connectivity index (χ1n) is 5.67. The van der Waals surface area contributed by atoms with Crippen LogP contribution < -0.4 is 0 Å². The Labute approximate surface area is 94.1 Å². The molecule has 15 heavy (non-hydrogen) atoms. The molecule has 2 nitrogen and oxygen atoms in total. The van der Waals surface area contributed by atoms with Gasteiger partial charge in [-0.05, 0) is 32.6 Å². The molecule has 0 spiro atoms. The minimum atomic E-state index is -0.0236. The third-order valence-electron chi connectivity index (χ3n) is 3.24. The van der Waals surface area contributed by atoms with Crippen molar-refractivity contribution in [1.29, 1.82) is 0 Å². The van der Waals surface area contributed by atoms with Crippen LogP contribution in [-0.4, -0.2) is 10.9 Å². The predicted molar refractivity (Wildman–Crippen MR) is 66.5 cm³/mol. The van der Waals surface area contributed by atoms with Crippen LogP contribution in [-0.2, 0) is 0 Å². The van der Waals surface area contributed by atoms with Gasteiger partial charge < -0.3 is 5.21 Å². The molecule has 0 bridgehead atoms. The second kappa shape index (κ2) is 5.94. The molecule has 0 aromatic carbocycles. The topological polar surface area (TPSA) is 32.6 Å². The zero-order valence-electron chi connectivity index (χ0n) is 11.0. The molecule has 0 radical (unpaired) electrons. The Balaban J connectivity index is 4.47. The van der Waals surface area contributed by atoms with E-state index in [-0.39, 0.29) is 5.41 Å². The van der Waals surface area contributed by atoms with Crippen LogP contribution in [0.15, 0.2) is 16.8 Å². The van der Waals surface area contributed by atoms with Crippen LogP contribution in [0.4, 0.5) is 0 Å². The number of nitrogens with zero attached hydrogens (tertiary/aromatic N) is 1. The molecular weight excluding hydrogens is 186 g/mol. The van der Waals surface area contributed by atoms with Crippen molar-refractivity contribution in [2.75, 3.05) is 0 Å². The summed E-state index contributed by atoms with van der Waals surface area (Å²) in [6.07, 6.45) is 3.98. The summed E-state index contributed by atoms with van der Waals surface area (Å²) in [7, 11) is 0. The minimum Gasteiger partial charge on any atom is -0.411 e. The Kier molecular flexibility index (Phi) is 5.63. The maximum atomic E-state index is 9.04. The number of hydrogen-bond acceptors (Lipinski definition) is 2. The van der Waals surface area contributed by atoms with E-state index in [0.29, 0.717) is 5.92 Å². The van der Waals surface area contributed by atoms with Crippen LogP contribution in [0, 0.1) is 11.3 Å². The highest BCUT2D eigenvalue weighted by Crippen LogP contribution is 2.30. The Bertz CT molecular complexity index is 245. The maximum Gasteiger partial charge on any atom is 0.0632 e. The fourth-order valence-electron chi connectivity index (χ4n) is 1.33. The molecule has 0 rings (SSSR count). The van der Waals surface area contributed by atoms with Crippen LogP contribution in [0.25, 0.3) is 0 Å². The Hall–Kier alpha value is -0.790. The largest absolute Gasteiger partial charge is 0.411 e. The third-order valence-corrected chi connectivity index (χ3v) is 3.24. The molecule has 0 aliphatic rings. The lowest BCUT2D eigenvalue weighted by Crippen LogP contribution is -2.30. The van der Waals surface area contributed by atoms with Gasteiger partial charge in [-0.15, -0.1) is 0 Å². The van der Waals surface area contributed by atoms with E-state index in [1.807, 2.05) is 0 Å². The maximum absolute atomic E-state index is 9.04. The SMILES string of the molecule is CC(C)=CCCC(=NO)C(C)(C)C(C)C. The molecule has 0 fully saturated rings. The molecule has 0 aliphatic carbocycles. The van der Waals surface area contributed by atoms with Crippen molar-refractivity contribution in [3.8, 4) is 0 Å². The highest BCUT2D eigenvalue weighted by atomic mass is 16.4. The molecule has 0 unspecified atom stereocenters. The van der Waals surface area contributed by atoms with Crippen LogP contribution >= 0.6 is 0 Å². The molecular formula is C13H25NO. The fraction of sp³-hybridized carbons (Fsp3) is 0.769. The van der Waals surface area contributed by atoms with Crippen molar-refractivity contribution in [2.24, 2.45) is 16.5 Å². The molecule has 0 aliphatic heterocycles. The Morgan fingerprint density at radius 1 is 1.33 bits per heavy atom. The van der Waals surface area contributed by atoms with E-state index in [0.717, 1.165) is 18.6 Å². The number of allylic oxidation sites excluding steroid dienone is 2. The summed E-state index contributed by atoms with van der Waals surface area (Å²) < 4.78 is 0. The van der Waals surface area contributed by atoms with E-state index in [2.05, 4.69) is 52.8 Å². The number of oxime groups is 1. The third kappa shape index (κ3) is 4.50. The average Bonchev–Trinajstić information content (AvgIpc) is 2.11. The van der Waals surface area contributed by atoms with E-state index in [9.17, 15) is 0 Å². The van der Waals surface area contributed by atoms with Crippen LogP contribution in [0.3, 0.4) is 0 Å². The molecule has 1 N–H and O–H groups in total. The van der Waals surface area contributed by atoms with Crippen LogP contribution in [0.1, 0.15) is 54.4 Å². The van der Waals surface area contributed by atoms with E-state index < -0.39 is 0 Å². The zero-order valence-corrected chi connectivity index (χ0v) is 11.0. The van der Waals surface area contributed by atoms with Gasteiger partial charge in [0.2, 0.25) is 0 Å². The summed E-state index contributed by atoms with van der Waals surface area (Å²) in [5, 5.41) is 12.5. The first-order chi connectivity index (χ1) is 6.82. The smallest absolute Gasteiger partial charge is 0.0632 e. The van der Waals surface area contributed by atoms with E-state index in [1.165, 1.54) is 5.57 Å². The van der Waals surface area contributed by atoms with Gasteiger partial charge in [-0.25, -0.2) is 0 Å². The quantitative estimate of drug-likeness (QED) is 0.313. The molecule has 0 saturated carbocycles. The normalized spacial score (nSPS) is 13.1. The van der Waals surface area contributed by atoms with Gasteiger partial charge >= 0.3 is 0 Å².